The highest BCUT2D eigenvalue weighted by Crippen LogP contribution is 2.34. The van der Waals surface area contributed by atoms with E-state index in [0.29, 0.717) is 12.0 Å². The van der Waals surface area contributed by atoms with Crippen LogP contribution in [0.15, 0.2) is 24.3 Å². The molecule has 112 valence electrons. The molecule has 0 bridgehead atoms. The lowest BCUT2D eigenvalue weighted by molar-refractivity contribution is -0.0282. The molecule has 0 aliphatic carbocycles. The number of rotatable bonds is 5. The van der Waals surface area contributed by atoms with Gasteiger partial charge in [0.15, 0.2) is 0 Å². The van der Waals surface area contributed by atoms with Gasteiger partial charge in [0.25, 0.3) is 6.43 Å². The molecule has 0 radical (unpaired) electrons. The molecular weight excluding hydrogens is 260 g/mol. The second kappa shape index (κ2) is 7.14. The molecule has 20 heavy (non-hydrogen) atoms. The van der Waals surface area contributed by atoms with Gasteiger partial charge in [0.05, 0.1) is 6.10 Å². The molecule has 1 heterocycles. The Hall–Kier alpha value is -1.00. The lowest BCUT2D eigenvalue weighted by Crippen LogP contribution is -2.35. The maximum atomic E-state index is 12.6. The van der Waals surface area contributed by atoms with Crippen molar-refractivity contribution in [2.45, 2.75) is 45.3 Å². The summed E-state index contributed by atoms with van der Waals surface area (Å²) in [7, 11) is 0. The summed E-state index contributed by atoms with van der Waals surface area (Å²) < 4.78 is 31.1. The molecule has 1 aliphatic heterocycles. The van der Waals surface area contributed by atoms with Gasteiger partial charge in [0.2, 0.25) is 0 Å². The monoisotopic (exact) mass is 283 g/mol. The van der Waals surface area contributed by atoms with E-state index >= 15 is 0 Å². The van der Waals surface area contributed by atoms with E-state index in [2.05, 4.69) is 19.2 Å². The van der Waals surface area contributed by atoms with Crippen LogP contribution in [0.5, 0.6) is 0 Å². The summed E-state index contributed by atoms with van der Waals surface area (Å²) in [5.41, 5.74) is 1.08. The number of benzene rings is 1. The first-order valence-corrected chi connectivity index (χ1v) is 7.31. The van der Waals surface area contributed by atoms with Gasteiger partial charge in [0, 0.05) is 30.7 Å². The largest absolute Gasteiger partial charge is 0.373 e. The molecule has 1 aromatic rings. The number of halogens is 2. The molecule has 2 unspecified atom stereocenters. The second-order valence-electron chi connectivity index (χ2n) is 5.72. The van der Waals surface area contributed by atoms with E-state index in [0.717, 1.165) is 31.6 Å². The number of alkyl halides is 2. The van der Waals surface area contributed by atoms with E-state index in [-0.39, 0.29) is 11.7 Å². The van der Waals surface area contributed by atoms with Gasteiger partial charge < -0.3 is 10.1 Å². The molecule has 0 aromatic heterocycles. The Labute approximate surface area is 119 Å². The van der Waals surface area contributed by atoms with E-state index in [4.69, 9.17) is 4.74 Å². The predicted octanol–water partition coefficient (Wildman–Crippen LogP) is 4.09. The first-order chi connectivity index (χ1) is 9.58. The van der Waals surface area contributed by atoms with Crippen LogP contribution in [0.2, 0.25) is 0 Å². The van der Waals surface area contributed by atoms with Gasteiger partial charge >= 0.3 is 0 Å². The van der Waals surface area contributed by atoms with Crippen LogP contribution in [0.25, 0.3) is 0 Å². The summed E-state index contributed by atoms with van der Waals surface area (Å²) >= 11 is 0. The van der Waals surface area contributed by atoms with Crippen molar-refractivity contribution in [1.82, 2.24) is 5.32 Å². The van der Waals surface area contributed by atoms with Crippen molar-refractivity contribution in [3.05, 3.63) is 35.4 Å². The third-order valence-corrected chi connectivity index (χ3v) is 3.75. The Morgan fingerprint density at radius 2 is 1.95 bits per heavy atom. The molecule has 2 nitrogen and oxygen atoms in total. The average molecular weight is 283 g/mol. The lowest BCUT2D eigenvalue weighted by Gasteiger charge is -2.33. The predicted molar refractivity (Wildman–Crippen MR) is 76.0 cm³/mol. The molecule has 1 fully saturated rings. The molecule has 2 rings (SSSR count). The minimum atomic E-state index is -2.41. The third-order valence-electron chi connectivity index (χ3n) is 3.75. The standard InChI is InChI=1S/C16H23F2NO/c1-11(2)19-10-14-4-3-9-20-15(14)12-5-7-13(8-6-12)16(17)18/h5-8,11,14-16,19H,3-4,9-10H2,1-2H3. The van der Waals surface area contributed by atoms with Gasteiger partial charge in [-0.1, -0.05) is 38.1 Å². The summed E-state index contributed by atoms with van der Waals surface area (Å²) in [5.74, 6) is 0.406. The van der Waals surface area contributed by atoms with Crippen molar-refractivity contribution < 1.29 is 13.5 Å². The van der Waals surface area contributed by atoms with Crippen molar-refractivity contribution in [3.8, 4) is 0 Å². The van der Waals surface area contributed by atoms with E-state index in [9.17, 15) is 8.78 Å². The van der Waals surface area contributed by atoms with Crippen LogP contribution in [0.4, 0.5) is 8.78 Å². The van der Waals surface area contributed by atoms with Gasteiger partial charge in [-0.2, -0.15) is 0 Å². The normalized spacial score (nSPS) is 23.5. The molecule has 1 N–H and O–H groups in total. The van der Waals surface area contributed by atoms with Crippen molar-refractivity contribution in [3.63, 3.8) is 0 Å². The fourth-order valence-electron chi connectivity index (χ4n) is 2.64. The summed E-state index contributed by atoms with van der Waals surface area (Å²) in [6.07, 6.45) is -0.215. The molecule has 4 heteroatoms. The highest BCUT2D eigenvalue weighted by Gasteiger charge is 2.27. The third kappa shape index (κ3) is 4.00. The van der Waals surface area contributed by atoms with Crippen LogP contribution in [-0.4, -0.2) is 19.2 Å². The fourth-order valence-corrected chi connectivity index (χ4v) is 2.64. The van der Waals surface area contributed by atoms with Gasteiger partial charge in [-0.3, -0.25) is 0 Å². The Bertz CT molecular complexity index is 405. The van der Waals surface area contributed by atoms with Crippen molar-refractivity contribution in [2.24, 2.45) is 5.92 Å². The number of hydrogen-bond donors (Lipinski definition) is 1. The van der Waals surface area contributed by atoms with Crippen molar-refractivity contribution in [2.75, 3.05) is 13.2 Å². The van der Waals surface area contributed by atoms with Crippen LogP contribution in [0, 0.1) is 5.92 Å². The molecule has 2 atom stereocenters. The Kier molecular flexibility index (Phi) is 5.49. The summed E-state index contributed by atoms with van der Waals surface area (Å²) in [5, 5.41) is 3.44. The van der Waals surface area contributed by atoms with Crippen LogP contribution >= 0.6 is 0 Å². The quantitative estimate of drug-likeness (QED) is 0.878. The summed E-state index contributed by atoms with van der Waals surface area (Å²) in [6.45, 7) is 5.89. The Morgan fingerprint density at radius 1 is 1.25 bits per heavy atom. The Balaban J connectivity index is 2.06. The van der Waals surface area contributed by atoms with E-state index in [1.165, 1.54) is 12.1 Å². The van der Waals surface area contributed by atoms with Crippen LogP contribution < -0.4 is 5.32 Å². The maximum Gasteiger partial charge on any atom is 0.263 e. The average Bonchev–Trinajstić information content (AvgIpc) is 2.45. The summed E-state index contributed by atoms with van der Waals surface area (Å²) in [6, 6.07) is 7.01. The second-order valence-corrected chi connectivity index (χ2v) is 5.72. The molecule has 0 amide bonds. The lowest BCUT2D eigenvalue weighted by atomic mass is 9.89. The minimum absolute atomic E-state index is 0.0155. The molecule has 1 aliphatic rings. The highest BCUT2D eigenvalue weighted by atomic mass is 19.3. The zero-order valence-electron chi connectivity index (χ0n) is 12.1. The summed E-state index contributed by atoms with van der Waals surface area (Å²) in [4.78, 5) is 0. The first-order valence-electron chi connectivity index (χ1n) is 7.31. The molecule has 0 saturated carbocycles. The van der Waals surface area contributed by atoms with E-state index in [1.54, 1.807) is 12.1 Å². The topological polar surface area (TPSA) is 21.3 Å². The van der Waals surface area contributed by atoms with E-state index in [1.807, 2.05) is 0 Å². The van der Waals surface area contributed by atoms with Crippen molar-refractivity contribution >= 4 is 0 Å². The van der Waals surface area contributed by atoms with Crippen LogP contribution in [-0.2, 0) is 4.74 Å². The maximum absolute atomic E-state index is 12.6. The SMILES string of the molecule is CC(C)NCC1CCCOC1c1ccc(C(F)F)cc1. The van der Waals surface area contributed by atoms with Crippen LogP contribution in [0.3, 0.4) is 0 Å². The van der Waals surface area contributed by atoms with E-state index < -0.39 is 6.43 Å². The number of nitrogens with one attached hydrogen (secondary N) is 1. The highest BCUT2D eigenvalue weighted by molar-refractivity contribution is 5.25. The smallest absolute Gasteiger partial charge is 0.263 e. The van der Waals surface area contributed by atoms with Crippen molar-refractivity contribution in [1.29, 1.82) is 0 Å². The zero-order chi connectivity index (χ0) is 14.5. The first kappa shape index (κ1) is 15.4. The number of ether oxygens (including phenoxy) is 1. The minimum Gasteiger partial charge on any atom is -0.373 e. The van der Waals surface area contributed by atoms with Gasteiger partial charge in [-0.05, 0) is 18.4 Å². The molecular formula is C16H23F2NO. The van der Waals surface area contributed by atoms with Gasteiger partial charge in [-0.15, -0.1) is 0 Å². The molecule has 1 aromatic carbocycles. The zero-order valence-corrected chi connectivity index (χ0v) is 12.1. The van der Waals surface area contributed by atoms with Gasteiger partial charge in [0.1, 0.15) is 0 Å². The fraction of sp³-hybridized carbons (Fsp3) is 0.625. The van der Waals surface area contributed by atoms with Gasteiger partial charge in [-0.25, -0.2) is 8.78 Å². The number of hydrogen-bond acceptors (Lipinski definition) is 2. The molecule has 0 spiro atoms. The Morgan fingerprint density at radius 3 is 2.55 bits per heavy atom. The van der Waals surface area contributed by atoms with Crippen LogP contribution in [0.1, 0.15) is 50.3 Å². The molecule has 1 saturated heterocycles.